The van der Waals surface area contributed by atoms with Gasteiger partial charge in [-0.05, 0) is 12.3 Å². The number of carbonyl (C=O) groups is 3. The molecule has 1 amide bonds. The van der Waals surface area contributed by atoms with Crippen LogP contribution in [-0.2, 0) is 19.1 Å². The molecule has 0 aromatic heterocycles. The van der Waals surface area contributed by atoms with E-state index in [1.807, 2.05) is 0 Å². The van der Waals surface area contributed by atoms with Crippen LogP contribution < -0.4 is 0 Å². The van der Waals surface area contributed by atoms with E-state index in [-0.39, 0.29) is 23.6 Å². The Morgan fingerprint density at radius 1 is 1.63 bits per heavy atom. The Morgan fingerprint density at radius 2 is 2.37 bits per heavy atom. The van der Waals surface area contributed by atoms with Crippen molar-refractivity contribution < 1.29 is 24.2 Å². The largest absolute Gasteiger partial charge is 0.477 e. The van der Waals surface area contributed by atoms with E-state index in [1.165, 1.54) is 28.1 Å². The normalized spacial score (nSPS) is 21.6. The monoisotopic (exact) mass is 301 g/mol. The summed E-state index contributed by atoms with van der Waals surface area (Å²) in [6.45, 7) is 1.99. The van der Waals surface area contributed by atoms with Gasteiger partial charge in [-0.2, -0.15) is 0 Å². The average molecular weight is 301 g/mol. The Balaban J connectivity index is 2.05. The third-order valence-corrected chi connectivity index (χ3v) is 4.77. The summed E-state index contributed by atoms with van der Waals surface area (Å²) in [6, 6.07) is 0. The van der Waals surface area contributed by atoms with Crippen molar-refractivity contribution >= 4 is 41.4 Å². The number of nitrogens with zero attached hydrogens (tertiary/aromatic N) is 1. The number of esters is 1. The number of β-lactam (4-membered cyclic amide) rings is 1. The van der Waals surface area contributed by atoms with E-state index in [4.69, 9.17) is 9.84 Å². The van der Waals surface area contributed by atoms with E-state index in [9.17, 15) is 14.4 Å². The zero-order valence-electron chi connectivity index (χ0n) is 9.99. The first-order chi connectivity index (χ1) is 9.04. The van der Waals surface area contributed by atoms with Crippen LogP contribution in [0, 0.1) is 0 Å². The molecule has 0 unspecified atom stereocenters. The molecule has 102 valence electrons. The molecule has 0 radical (unpaired) electrons. The van der Waals surface area contributed by atoms with Crippen molar-refractivity contribution in [2.75, 3.05) is 6.61 Å². The van der Waals surface area contributed by atoms with Gasteiger partial charge in [-0.25, -0.2) is 9.59 Å². The highest BCUT2D eigenvalue weighted by molar-refractivity contribution is 8.24. The first kappa shape index (κ1) is 14.0. The maximum Gasteiger partial charge on any atom is 0.354 e. The van der Waals surface area contributed by atoms with Crippen LogP contribution in [-0.4, -0.2) is 39.8 Å². The number of fused-ring (bicyclic) bond motifs is 1. The Morgan fingerprint density at radius 3 is 2.95 bits per heavy atom. The number of thioether (sulfide) groups is 2. The molecule has 0 aliphatic carbocycles. The lowest BCUT2D eigenvalue weighted by atomic mass is 10.2. The zero-order valence-corrected chi connectivity index (χ0v) is 11.6. The van der Waals surface area contributed by atoms with Gasteiger partial charge in [-0.15, -0.1) is 0 Å². The quantitative estimate of drug-likeness (QED) is 0.466. The van der Waals surface area contributed by atoms with Gasteiger partial charge in [0.05, 0.1) is 22.6 Å². The van der Waals surface area contributed by atoms with Crippen molar-refractivity contribution in [2.24, 2.45) is 0 Å². The fourth-order valence-corrected chi connectivity index (χ4v) is 4.06. The molecule has 2 aliphatic heterocycles. The summed E-state index contributed by atoms with van der Waals surface area (Å²) in [7, 11) is 0. The topological polar surface area (TPSA) is 83.9 Å². The van der Waals surface area contributed by atoms with Crippen molar-refractivity contribution in [3.8, 4) is 0 Å². The number of hydrogen-bond acceptors (Lipinski definition) is 6. The number of rotatable bonds is 5. The Bertz CT molecular complexity index is 499. The molecule has 1 fully saturated rings. The minimum Gasteiger partial charge on any atom is -0.477 e. The minimum absolute atomic E-state index is 0.00441. The highest BCUT2D eigenvalue weighted by Gasteiger charge is 2.48. The molecule has 0 aromatic carbocycles. The molecular weight excluding hydrogens is 290 g/mol. The summed E-state index contributed by atoms with van der Waals surface area (Å²) in [5.41, 5.74) is 0.00441. The summed E-state index contributed by atoms with van der Waals surface area (Å²) >= 11 is 2.44. The molecule has 1 N–H and O–H groups in total. The van der Waals surface area contributed by atoms with Gasteiger partial charge in [0, 0.05) is 6.08 Å². The lowest BCUT2D eigenvalue weighted by Crippen LogP contribution is -2.48. The van der Waals surface area contributed by atoms with E-state index in [2.05, 4.69) is 0 Å². The molecule has 0 bridgehead atoms. The van der Waals surface area contributed by atoms with Gasteiger partial charge in [0.25, 0.3) is 0 Å². The number of aliphatic carboxylic acids is 1. The number of amides is 1. The van der Waals surface area contributed by atoms with Crippen molar-refractivity contribution in [1.82, 2.24) is 4.90 Å². The van der Waals surface area contributed by atoms with Gasteiger partial charge in [-0.1, -0.05) is 23.5 Å². The predicted octanol–water partition coefficient (Wildman–Crippen LogP) is 1.36. The van der Waals surface area contributed by atoms with Gasteiger partial charge in [0.1, 0.15) is 0 Å². The second-order valence-corrected chi connectivity index (χ2v) is 6.02. The van der Waals surface area contributed by atoms with Crippen LogP contribution in [0.3, 0.4) is 0 Å². The number of ether oxygens (including phenoxy) is 1. The van der Waals surface area contributed by atoms with Gasteiger partial charge in [-0.3, -0.25) is 9.69 Å². The molecule has 2 rings (SSSR count). The summed E-state index contributed by atoms with van der Waals surface area (Å²) < 4.78 is 5.23. The molecular formula is C11H11NO5S2. The first-order valence-electron chi connectivity index (χ1n) is 5.50. The van der Waals surface area contributed by atoms with E-state index < -0.39 is 11.9 Å². The number of carboxylic acids is 1. The maximum atomic E-state index is 11.4. The van der Waals surface area contributed by atoms with Crippen molar-refractivity contribution in [1.29, 1.82) is 0 Å². The van der Waals surface area contributed by atoms with Crippen molar-refractivity contribution in [3.63, 3.8) is 0 Å². The molecule has 0 spiro atoms. The molecule has 8 heteroatoms. The summed E-state index contributed by atoms with van der Waals surface area (Å²) in [5.74, 6) is -1.79. The fraction of sp³-hybridized carbons (Fsp3) is 0.364. The van der Waals surface area contributed by atoms with Crippen LogP contribution in [0.15, 0.2) is 21.4 Å². The van der Waals surface area contributed by atoms with Gasteiger partial charge < -0.3 is 9.84 Å². The van der Waals surface area contributed by atoms with E-state index in [1.54, 1.807) is 6.92 Å². The van der Waals surface area contributed by atoms with Crippen LogP contribution in [0.25, 0.3) is 0 Å². The number of carbonyl (C=O) groups excluding carboxylic acids is 2. The van der Waals surface area contributed by atoms with Crippen LogP contribution in [0.5, 0.6) is 0 Å². The lowest BCUT2D eigenvalue weighted by Gasteiger charge is -2.33. The first-order valence-corrected chi connectivity index (χ1v) is 7.26. The highest BCUT2D eigenvalue weighted by Crippen LogP contribution is 2.50. The molecule has 1 atom stereocenters. The van der Waals surface area contributed by atoms with E-state index in [0.29, 0.717) is 10.7 Å². The lowest BCUT2D eigenvalue weighted by molar-refractivity contribution is -0.145. The molecule has 2 heterocycles. The van der Waals surface area contributed by atoms with Crippen LogP contribution >= 0.6 is 23.5 Å². The summed E-state index contributed by atoms with van der Waals surface area (Å²) in [6.07, 6.45) is 1.59. The van der Waals surface area contributed by atoms with Crippen molar-refractivity contribution in [2.45, 2.75) is 18.7 Å². The molecule has 1 saturated heterocycles. The summed E-state index contributed by atoms with van der Waals surface area (Å²) in [5, 5.41) is 10.5. The van der Waals surface area contributed by atoms with Crippen LogP contribution in [0.2, 0.25) is 0 Å². The van der Waals surface area contributed by atoms with E-state index >= 15 is 0 Å². The number of carboxylic acid groups (broad SMARTS) is 1. The van der Waals surface area contributed by atoms with Gasteiger partial charge in [0.2, 0.25) is 5.91 Å². The zero-order chi connectivity index (χ0) is 14.0. The van der Waals surface area contributed by atoms with Gasteiger partial charge in [0.15, 0.2) is 5.70 Å². The summed E-state index contributed by atoms with van der Waals surface area (Å²) in [4.78, 5) is 34.9. The van der Waals surface area contributed by atoms with Crippen molar-refractivity contribution in [3.05, 3.63) is 21.4 Å². The molecule has 19 heavy (non-hydrogen) atoms. The average Bonchev–Trinajstić information content (AvgIpc) is 2.62. The maximum absolute atomic E-state index is 11.4. The second-order valence-electron chi connectivity index (χ2n) is 3.65. The Kier molecular flexibility index (Phi) is 4.20. The molecule has 2 aliphatic rings. The molecule has 0 aromatic rings. The SMILES string of the molecule is CCOC(=O)C=CSC1=C(C(=O)O)N2C(=O)C[C@@H]2S1. The van der Waals surface area contributed by atoms with Crippen LogP contribution in [0.1, 0.15) is 13.3 Å². The van der Waals surface area contributed by atoms with Gasteiger partial charge >= 0.3 is 11.9 Å². The number of hydrogen-bond donors (Lipinski definition) is 1. The third-order valence-electron chi connectivity index (χ3n) is 2.45. The second kappa shape index (κ2) is 5.70. The standard InChI is InChI=1S/C11H11NO5S2/c1-2-17-8(14)3-4-18-11-9(10(15)16)12-6(13)5-7(12)19-11/h3-4,7H,2,5H2,1H3,(H,15,16)/t7-/m0/s1. The molecule has 0 saturated carbocycles. The Labute approximate surface area is 117 Å². The smallest absolute Gasteiger partial charge is 0.354 e. The highest BCUT2D eigenvalue weighted by atomic mass is 32.2. The molecule has 6 nitrogen and oxygen atoms in total. The van der Waals surface area contributed by atoms with E-state index in [0.717, 1.165) is 11.8 Å². The Hall–Kier alpha value is -1.41. The van der Waals surface area contributed by atoms with Crippen LogP contribution in [0.4, 0.5) is 0 Å². The predicted molar refractivity (Wildman–Crippen MR) is 70.9 cm³/mol. The third kappa shape index (κ3) is 2.79. The fourth-order valence-electron chi connectivity index (χ4n) is 1.64. The minimum atomic E-state index is -1.13.